The number of hydrogen-bond donors (Lipinski definition) is 0. The third-order valence-electron chi connectivity index (χ3n) is 4.71. The Bertz CT molecular complexity index is 754. The minimum atomic E-state index is -0.275. The van der Waals surface area contributed by atoms with Crippen molar-refractivity contribution in [1.82, 2.24) is 19.2 Å². The summed E-state index contributed by atoms with van der Waals surface area (Å²) < 4.78 is 8.36. The number of amides is 1. The van der Waals surface area contributed by atoms with Gasteiger partial charge in [-0.15, -0.1) is 0 Å². The van der Waals surface area contributed by atoms with E-state index in [0.29, 0.717) is 0 Å². The number of nitrogens with zero attached hydrogens (tertiary/aromatic N) is 4. The molecule has 0 aliphatic carbocycles. The second kappa shape index (κ2) is 8.00. The predicted molar refractivity (Wildman–Crippen MR) is 93.5 cm³/mol. The summed E-state index contributed by atoms with van der Waals surface area (Å²) in [5.74, 6) is 0.240. The maximum absolute atomic E-state index is 12.8. The number of pyridine rings is 1. The molecule has 7 nitrogen and oxygen atoms in total. The van der Waals surface area contributed by atoms with Crippen LogP contribution in [0.15, 0.2) is 41.6 Å². The van der Waals surface area contributed by atoms with Crippen molar-refractivity contribution >= 4 is 5.91 Å². The highest BCUT2D eigenvalue weighted by molar-refractivity contribution is 5.76. The summed E-state index contributed by atoms with van der Waals surface area (Å²) in [5.41, 5.74) is -0.275. The molecule has 0 aromatic carbocycles. The lowest BCUT2D eigenvalue weighted by atomic mass is 9.99. The van der Waals surface area contributed by atoms with Gasteiger partial charge in [-0.1, -0.05) is 0 Å². The molecule has 1 aliphatic heterocycles. The van der Waals surface area contributed by atoms with Crippen LogP contribution in [-0.2, 0) is 17.9 Å². The summed E-state index contributed by atoms with van der Waals surface area (Å²) in [6, 6.07) is 5.43. The Kier molecular flexibility index (Phi) is 5.53. The smallest absolute Gasteiger partial charge is 0.293 e. The van der Waals surface area contributed by atoms with Gasteiger partial charge in [-0.3, -0.25) is 14.3 Å². The van der Waals surface area contributed by atoms with Crippen LogP contribution in [0.4, 0.5) is 0 Å². The number of piperidine rings is 1. The van der Waals surface area contributed by atoms with E-state index in [1.165, 1.54) is 11.7 Å². The van der Waals surface area contributed by atoms with Gasteiger partial charge in [0.15, 0.2) is 5.75 Å². The lowest BCUT2D eigenvalue weighted by Crippen LogP contribution is -2.46. The molecule has 1 saturated heterocycles. The summed E-state index contributed by atoms with van der Waals surface area (Å²) in [7, 11) is 1.46. The van der Waals surface area contributed by atoms with Crippen LogP contribution in [0.25, 0.3) is 0 Å². The van der Waals surface area contributed by atoms with Crippen LogP contribution in [-0.4, -0.2) is 44.9 Å². The first-order chi connectivity index (χ1) is 12.2. The molecule has 3 rings (SSSR count). The molecule has 1 aliphatic rings. The summed E-state index contributed by atoms with van der Waals surface area (Å²) in [6.07, 6.45) is 9.35. The Hall–Kier alpha value is -2.57. The number of ether oxygens (including phenoxy) is 1. The first kappa shape index (κ1) is 17.3. The van der Waals surface area contributed by atoms with Crippen LogP contribution in [0, 0.1) is 0 Å². The van der Waals surface area contributed by atoms with Crippen LogP contribution in [0.1, 0.15) is 25.7 Å². The number of aryl methyl sites for hydroxylation is 1. The van der Waals surface area contributed by atoms with Crippen molar-refractivity contribution in [3.05, 3.63) is 47.1 Å². The summed E-state index contributed by atoms with van der Waals surface area (Å²) >= 11 is 0. The van der Waals surface area contributed by atoms with Gasteiger partial charge >= 0.3 is 0 Å². The van der Waals surface area contributed by atoms with E-state index < -0.39 is 0 Å². The highest BCUT2D eigenvalue weighted by Crippen LogP contribution is 2.20. The SMILES string of the molecule is COc1cccn(CC(=O)N2CCCC[C@H]2CCn2cccn2)c1=O. The average Bonchev–Trinajstić information content (AvgIpc) is 3.15. The van der Waals surface area contributed by atoms with Gasteiger partial charge in [0.2, 0.25) is 5.91 Å². The molecule has 7 heteroatoms. The Balaban J connectivity index is 1.67. The largest absolute Gasteiger partial charge is 0.491 e. The second-order valence-electron chi connectivity index (χ2n) is 6.30. The number of methoxy groups -OCH3 is 1. The Morgan fingerprint density at radius 3 is 2.96 bits per heavy atom. The number of aromatic nitrogens is 3. The zero-order valence-corrected chi connectivity index (χ0v) is 14.5. The van der Waals surface area contributed by atoms with Crippen LogP contribution in [0.5, 0.6) is 5.75 Å². The molecule has 0 radical (unpaired) electrons. The molecule has 25 heavy (non-hydrogen) atoms. The molecule has 0 unspecified atom stereocenters. The van der Waals surface area contributed by atoms with E-state index in [1.807, 2.05) is 21.8 Å². The number of hydrogen-bond acceptors (Lipinski definition) is 4. The van der Waals surface area contributed by atoms with Gasteiger partial charge in [0.25, 0.3) is 5.56 Å². The van der Waals surface area contributed by atoms with Gasteiger partial charge < -0.3 is 14.2 Å². The average molecular weight is 344 g/mol. The highest BCUT2D eigenvalue weighted by Gasteiger charge is 2.26. The number of carbonyl (C=O) groups is 1. The highest BCUT2D eigenvalue weighted by atomic mass is 16.5. The third-order valence-corrected chi connectivity index (χ3v) is 4.71. The van der Waals surface area contributed by atoms with Crippen molar-refractivity contribution in [3.63, 3.8) is 0 Å². The van der Waals surface area contributed by atoms with Crippen molar-refractivity contribution in [2.45, 2.75) is 44.8 Å². The second-order valence-corrected chi connectivity index (χ2v) is 6.30. The van der Waals surface area contributed by atoms with E-state index in [-0.39, 0.29) is 29.8 Å². The van der Waals surface area contributed by atoms with E-state index in [4.69, 9.17) is 4.74 Å². The lowest BCUT2D eigenvalue weighted by molar-refractivity contribution is -0.135. The van der Waals surface area contributed by atoms with E-state index >= 15 is 0 Å². The molecular formula is C18H24N4O3. The van der Waals surface area contributed by atoms with Crippen LogP contribution >= 0.6 is 0 Å². The fourth-order valence-corrected chi connectivity index (χ4v) is 3.37. The maximum atomic E-state index is 12.8. The molecule has 3 heterocycles. The van der Waals surface area contributed by atoms with E-state index in [1.54, 1.807) is 24.5 Å². The van der Waals surface area contributed by atoms with Gasteiger partial charge in [-0.2, -0.15) is 5.10 Å². The molecule has 1 fully saturated rings. The van der Waals surface area contributed by atoms with Crippen LogP contribution in [0.2, 0.25) is 0 Å². The summed E-state index contributed by atoms with van der Waals surface area (Å²) in [4.78, 5) is 27.0. The predicted octanol–water partition coefficient (Wildman–Crippen LogP) is 1.52. The maximum Gasteiger partial charge on any atom is 0.293 e. The van der Waals surface area contributed by atoms with Gasteiger partial charge in [0.05, 0.1) is 7.11 Å². The van der Waals surface area contributed by atoms with Gasteiger partial charge in [-0.25, -0.2) is 0 Å². The molecule has 0 bridgehead atoms. The van der Waals surface area contributed by atoms with Crippen molar-refractivity contribution in [1.29, 1.82) is 0 Å². The van der Waals surface area contributed by atoms with Crippen molar-refractivity contribution in [2.24, 2.45) is 0 Å². The molecule has 134 valence electrons. The lowest BCUT2D eigenvalue weighted by Gasteiger charge is -2.36. The molecule has 0 saturated carbocycles. The van der Waals surface area contributed by atoms with Gasteiger partial charge in [0.1, 0.15) is 6.54 Å². The van der Waals surface area contributed by atoms with E-state index in [0.717, 1.165) is 38.8 Å². The summed E-state index contributed by atoms with van der Waals surface area (Å²) in [5, 5.41) is 4.22. The first-order valence-electron chi connectivity index (χ1n) is 8.69. The van der Waals surface area contributed by atoms with Gasteiger partial charge in [0, 0.05) is 37.7 Å². The number of rotatable bonds is 6. The van der Waals surface area contributed by atoms with E-state index in [2.05, 4.69) is 5.10 Å². The summed E-state index contributed by atoms with van der Waals surface area (Å²) in [6.45, 7) is 1.59. The molecule has 1 amide bonds. The Morgan fingerprint density at radius 1 is 1.32 bits per heavy atom. The minimum absolute atomic E-state index is 0.0134. The molecule has 0 spiro atoms. The molecule has 1 atom stereocenters. The van der Waals surface area contributed by atoms with Crippen molar-refractivity contribution in [2.75, 3.05) is 13.7 Å². The van der Waals surface area contributed by atoms with Gasteiger partial charge in [-0.05, 0) is 43.9 Å². The Morgan fingerprint density at radius 2 is 2.20 bits per heavy atom. The Labute approximate surface area is 146 Å². The zero-order valence-electron chi connectivity index (χ0n) is 14.5. The molecule has 2 aromatic heterocycles. The van der Waals surface area contributed by atoms with Crippen LogP contribution in [0.3, 0.4) is 0 Å². The first-order valence-corrected chi connectivity index (χ1v) is 8.69. The normalized spacial score (nSPS) is 17.5. The zero-order chi connectivity index (χ0) is 17.6. The topological polar surface area (TPSA) is 69.4 Å². The number of likely N-dealkylation sites (tertiary alicyclic amines) is 1. The fraction of sp³-hybridized carbons (Fsp3) is 0.500. The minimum Gasteiger partial charge on any atom is -0.491 e. The standard InChI is InChI=1S/C18H24N4O3/c1-25-16-7-4-10-20(18(16)24)14-17(23)22-12-3-2-6-15(22)8-13-21-11-5-9-19-21/h4-5,7,9-11,15H,2-3,6,8,12-14H2,1H3/t15-/m0/s1. The van der Waals surface area contributed by atoms with E-state index in [9.17, 15) is 9.59 Å². The molecule has 0 N–H and O–H groups in total. The molecular weight excluding hydrogens is 320 g/mol. The van der Waals surface area contributed by atoms with Crippen LogP contribution < -0.4 is 10.3 Å². The van der Waals surface area contributed by atoms with Crippen molar-refractivity contribution in [3.8, 4) is 5.75 Å². The van der Waals surface area contributed by atoms with Crippen molar-refractivity contribution < 1.29 is 9.53 Å². The fourth-order valence-electron chi connectivity index (χ4n) is 3.37. The molecule has 2 aromatic rings. The quantitative estimate of drug-likeness (QED) is 0.797. The number of carbonyl (C=O) groups excluding carboxylic acids is 1. The monoisotopic (exact) mass is 344 g/mol. The third kappa shape index (κ3) is 4.10.